The van der Waals surface area contributed by atoms with E-state index in [1.807, 2.05) is 44.2 Å². The Bertz CT molecular complexity index is 1060. The molecule has 5 nitrogen and oxygen atoms in total. The van der Waals surface area contributed by atoms with Gasteiger partial charge in [0.2, 0.25) is 5.76 Å². The summed E-state index contributed by atoms with van der Waals surface area (Å²) in [6, 6.07) is 16.3. The lowest BCUT2D eigenvalue weighted by atomic mass is 9.98. The highest BCUT2D eigenvalue weighted by Gasteiger charge is 2.42. The summed E-state index contributed by atoms with van der Waals surface area (Å²) >= 11 is 0. The zero-order valence-electron chi connectivity index (χ0n) is 16.1. The molecule has 1 aliphatic heterocycles. The van der Waals surface area contributed by atoms with Crippen LogP contribution in [0, 0.1) is 0 Å². The van der Waals surface area contributed by atoms with E-state index in [9.17, 15) is 9.59 Å². The van der Waals surface area contributed by atoms with Gasteiger partial charge < -0.3 is 14.1 Å². The van der Waals surface area contributed by atoms with E-state index in [0.29, 0.717) is 36.1 Å². The number of benzene rings is 2. The Morgan fingerprint density at radius 3 is 2.50 bits per heavy atom. The number of fused-ring (bicyclic) bond motifs is 2. The minimum atomic E-state index is -0.441. The molecule has 0 bridgehead atoms. The average molecular weight is 377 g/mol. The van der Waals surface area contributed by atoms with E-state index < -0.39 is 6.04 Å². The van der Waals surface area contributed by atoms with Crippen molar-refractivity contribution in [2.45, 2.75) is 32.4 Å². The van der Waals surface area contributed by atoms with Gasteiger partial charge in [-0.15, -0.1) is 0 Å². The fraction of sp³-hybridized carbons (Fsp3) is 0.304. The first-order chi connectivity index (χ1) is 13.6. The quantitative estimate of drug-likeness (QED) is 0.606. The summed E-state index contributed by atoms with van der Waals surface area (Å²) in [6.07, 6.45) is 0.833. The molecule has 1 atom stereocenters. The van der Waals surface area contributed by atoms with Crippen LogP contribution >= 0.6 is 0 Å². The van der Waals surface area contributed by atoms with Crippen LogP contribution in [-0.4, -0.2) is 30.1 Å². The van der Waals surface area contributed by atoms with Crippen molar-refractivity contribution >= 4 is 16.9 Å². The minimum absolute atomic E-state index is 0.139. The van der Waals surface area contributed by atoms with Gasteiger partial charge in [-0.05, 0) is 38.0 Å². The van der Waals surface area contributed by atoms with Crippen molar-refractivity contribution in [1.82, 2.24) is 4.90 Å². The summed E-state index contributed by atoms with van der Waals surface area (Å²) in [6.45, 7) is 5.02. The summed E-state index contributed by atoms with van der Waals surface area (Å²) < 4.78 is 11.5. The maximum Gasteiger partial charge on any atom is 0.290 e. The number of para-hydroxylation sites is 1. The first kappa shape index (κ1) is 18.4. The predicted molar refractivity (Wildman–Crippen MR) is 108 cm³/mol. The Labute approximate surface area is 163 Å². The molecule has 1 aromatic heterocycles. The van der Waals surface area contributed by atoms with Crippen molar-refractivity contribution in [2.75, 3.05) is 13.2 Å². The van der Waals surface area contributed by atoms with Gasteiger partial charge in [-0.25, -0.2) is 0 Å². The molecular weight excluding hydrogens is 354 g/mol. The van der Waals surface area contributed by atoms with E-state index >= 15 is 0 Å². The Hall–Kier alpha value is -2.92. The second kappa shape index (κ2) is 7.60. The first-order valence-electron chi connectivity index (χ1n) is 9.61. The van der Waals surface area contributed by atoms with E-state index in [1.165, 1.54) is 0 Å². The fourth-order valence-corrected chi connectivity index (χ4v) is 3.73. The third-order valence-corrected chi connectivity index (χ3v) is 4.98. The molecule has 1 unspecified atom stereocenters. The number of carbonyl (C=O) groups excluding carboxylic acids is 1. The lowest BCUT2D eigenvalue weighted by molar-refractivity contribution is 0.0593. The molecule has 0 saturated heterocycles. The number of carbonyl (C=O) groups is 1. The highest BCUT2D eigenvalue weighted by molar-refractivity contribution is 5.99. The molecule has 0 fully saturated rings. The number of rotatable bonds is 6. The lowest BCUT2D eigenvalue weighted by Crippen LogP contribution is -2.31. The fourth-order valence-electron chi connectivity index (χ4n) is 3.73. The summed E-state index contributed by atoms with van der Waals surface area (Å²) in [4.78, 5) is 28.1. The first-order valence-corrected chi connectivity index (χ1v) is 9.61. The normalized spacial score (nSPS) is 16.2. The maximum atomic E-state index is 13.3. The van der Waals surface area contributed by atoms with Crippen molar-refractivity contribution in [1.29, 1.82) is 0 Å². The van der Waals surface area contributed by atoms with E-state index in [0.717, 1.165) is 5.56 Å². The molecule has 0 saturated carbocycles. The summed E-state index contributed by atoms with van der Waals surface area (Å²) in [5.41, 5.74) is 1.64. The van der Waals surface area contributed by atoms with Crippen molar-refractivity contribution in [3.8, 4) is 0 Å². The van der Waals surface area contributed by atoms with Crippen LogP contribution < -0.4 is 5.43 Å². The van der Waals surface area contributed by atoms with Gasteiger partial charge in [0.25, 0.3) is 5.91 Å². The number of amides is 1. The molecule has 0 aliphatic carbocycles. The van der Waals surface area contributed by atoms with Gasteiger partial charge in [-0.2, -0.15) is 0 Å². The lowest BCUT2D eigenvalue weighted by Gasteiger charge is -2.25. The highest BCUT2D eigenvalue weighted by Crippen LogP contribution is 2.38. The van der Waals surface area contributed by atoms with Gasteiger partial charge in [-0.3, -0.25) is 9.59 Å². The molecule has 28 heavy (non-hydrogen) atoms. The van der Waals surface area contributed by atoms with Crippen molar-refractivity contribution in [3.63, 3.8) is 0 Å². The third kappa shape index (κ3) is 3.22. The van der Waals surface area contributed by atoms with Crippen LogP contribution in [0.25, 0.3) is 11.0 Å². The molecule has 2 heterocycles. The summed E-state index contributed by atoms with van der Waals surface area (Å²) in [5.74, 6) is -0.0846. The van der Waals surface area contributed by atoms with Gasteiger partial charge in [-0.1, -0.05) is 42.5 Å². The monoisotopic (exact) mass is 377 g/mol. The molecule has 4 rings (SSSR count). The standard InChI is InChI=1S/C23H23NO4/c1-15(2)27-14-8-13-24-20(16-9-4-3-5-10-16)19-21(25)17-11-6-7-12-18(17)28-22(19)23(24)26/h3-7,9-12,15,20H,8,13-14H2,1-2H3. The van der Waals surface area contributed by atoms with E-state index in [1.54, 1.807) is 29.2 Å². The molecule has 1 amide bonds. The van der Waals surface area contributed by atoms with Crippen molar-refractivity contribution < 1.29 is 13.9 Å². The number of nitrogens with zero attached hydrogens (tertiary/aromatic N) is 1. The molecule has 1 aliphatic rings. The topological polar surface area (TPSA) is 59.8 Å². The van der Waals surface area contributed by atoms with Gasteiger partial charge in [0.15, 0.2) is 5.43 Å². The second-order valence-corrected chi connectivity index (χ2v) is 7.26. The molecule has 0 radical (unpaired) electrons. The van der Waals surface area contributed by atoms with Gasteiger partial charge in [0.1, 0.15) is 5.58 Å². The van der Waals surface area contributed by atoms with Gasteiger partial charge in [0, 0.05) is 13.2 Å². The summed E-state index contributed by atoms with van der Waals surface area (Å²) in [7, 11) is 0. The number of hydrogen-bond acceptors (Lipinski definition) is 4. The molecule has 3 aromatic rings. The van der Waals surface area contributed by atoms with Crippen LogP contribution in [0.1, 0.15) is 48.0 Å². The molecule has 5 heteroatoms. The maximum absolute atomic E-state index is 13.3. The van der Waals surface area contributed by atoms with Crippen molar-refractivity contribution in [3.05, 3.63) is 81.7 Å². The molecule has 144 valence electrons. The third-order valence-electron chi connectivity index (χ3n) is 4.98. The van der Waals surface area contributed by atoms with Gasteiger partial charge in [0.05, 0.1) is 23.1 Å². The van der Waals surface area contributed by atoms with E-state index in [4.69, 9.17) is 9.15 Å². The van der Waals surface area contributed by atoms with Crippen LogP contribution in [0.5, 0.6) is 0 Å². The van der Waals surface area contributed by atoms with Crippen LogP contribution in [0.15, 0.2) is 63.8 Å². The molecule has 2 aromatic carbocycles. The largest absolute Gasteiger partial charge is 0.450 e. The van der Waals surface area contributed by atoms with Crippen LogP contribution in [0.4, 0.5) is 0 Å². The van der Waals surface area contributed by atoms with Crippen LogP contribution in [0.2, 0.25) is 0 Å². The Kier molecular flexibility index (Phi) is 5.01. The molecule has 0 N–H and O–H groups in total. The molecule has 0 spiro atoms. The average Bonchev–Trinajstić information content (AvgIpc) is 2.98. The smallest absolute Gasteiger partial charge is 0.290 e. The molecular formula is C23H23NO4. The van der Waals surface area contributed by atoms with Crippen LogP contribution in [0.3, 0.4) is 0 Å². The Morgan fingerprint density at radius 1 is 1.04 bits per heavy atom. The zero-order valence-corrected chi connectivity index (χ0v) is 16.1. The summed E-state index contributed by atoms with van der Waals surface area (Å²) in [5, 5.41) is 0.500. The number of hydrogen-bond donors (Lipinski definition) is 0. The minimum Gasteiger partial charge on any atom is -0.450 e. The Balaban J connectivity index is 1.79. The highest BCUT2D eigenvalue weighted by atomic mass is 16.5. The Morgan fingerprint density at radius 2 is 1.75 bits per heavy atom. The second-order valence-electron chi connectivity index (χ2n) is 7.26. The van der Waals surface area contributed by atoms with Crippen LogP contribution in [-0.2, 0) is 4.74 Å². The van der Waals surface area contributed by atoms with Gasteiger partial charge >= 0.3 is 0 Å². The zero-order chi connectivity index (χ0) is 19.7. The predicted octanol–water partition coefficient (Wildman–Crippen LogP) is 4.15. The van der Waals surface area contributed by atoms with E-state index in [2.05, 4.69) is 0 Å². The van der Waals surface area contributed by atoms with E-state index in [-0.39, 0.29) is 23.2 Å². The number of ether oxygens (including phenoxy) is 1. The van der Waals surface area contributed by atoms with Crippen molar-refractivity contribution in [2.24, 2.45) is 0 Å². The SMILES string of the molecule is CC(C)OCCCN1C(=O)c2oc3ccccc3c(=O)c2C1c1ccccc1.